The normalized spacial score (nSPS) is 17.8. The maximum atomic E-state index is 14.2. The smallest absolute Gasteiger partial charge is 0.245 e. The Morgan fingerprint density at radius 2 is 1.95 bits per heavy atom. The van der Waals surface area contributed by atoms with Crippen LogP contribution in [0.25, 0.3) is 0 Å². The number of hydrogen-bond acceptors (Lipinski definition) is 3. The van der Waals surface area contributed by atoms with Crippen molar-refractivity contribution in [2.45, 2.75) is 19.4 Å². The summed E-state index contributed by atoms with van der Waals surface area (Å²) < 4.78 is 28.4. The van der Waals surface area contributed by atoms with Crippen LogP contribution in [0.4, 0.5) is 14.5 Å². The molecular formula is C13H15F2N3OS. The zero-order valence-electron chi connectivity index (χ0n) is 11.2. The fraction of sp³-hybridized carbons (Fsp3) is 0.385. The molecule has 1 aliphatic heterocycles. The van der Waals surface area contributed by atoms with Crippen molar-refractivity contribution in [2.24, 2.45) is 5.73 Å². The second kappa shape index (κ2) is 4.97. The number of anilines is 1. The van der Waals surface area contributed by atoms with Crippen molar-refractivity contribution in [3.05, 3.63) is 29.3 Å². The molecule has 0 aromatic heterocycles. The van der Waals surface area contributed by atoms with Crippen LogP contribution in [0.2, 0.25) is 0 Å². The van der Waals surface area contributed by atoms with Gasteiger partial charge in [0.2, 0.25) is 5.91 Å². The number of nitrogens with zero attached hydrogens (tertiary/aromatic N) is 1. The molecule has 4 nitrogen and oxygen atoms in total. The van der Waals surface area contributed by atoms with Gasteiger partial charge in [0.25, 0.3) is 0 Å². The summed E-state index contributed by atoms with van der Waals surface area (Å²) in [5, 5.41) is 2.67. The molecule has 0 bridgehead atoms. The standard InChI is InChI=1S/C13H15F2N3OS/c1-13(2)12(19)17-3-4-18(13)10-8(14)5-7(11(16)20)6-9(10)15/h5-6H,3-4H2,1-2H3,(H2,16,20)(H,17,19). The van der Waals surface area contributed by atoms with Crippen LogP contribution in [-0.2, 0) is 4.79 Å². The van der Waals surface area contributed by atoms with Gasteiger partial charge in [-0.3, -0.25) is 4.79 Å². The third kappa shape index (κ3) is 2.33. The van der Waals surface area contributed by atoms with Crippen LogP contribution in [0, 0.1) is 11.6 Å². The van der Waals surface area contributed by atoms with E-state index in [1.807, 2.05) is 0 Å². The minimum absolute atomic E-state index is 0.0787. The van der Waals surface area contributed by atoms with Crippen LogP contribution in [0.1, 0.15) is 19.4 Å². The van der Waals surface area contributed by atoms with Gasteiger partial charge in [0.05, 0.1) is 0 Å². The molecule has 108 valence electrons. The SMILES string of the molecule is CC1(C)C(=O)NCCN1c1c(F)cc(C(N)=S)cc1F. The Bertz CT molecular complexity index is 566. The third-order valence-corrected chi connectivity index (χ3v) is 3.66. The Morgan fingerprint density at radius 3 is 2.45 bits per heavy atom. The summed E-state index contributed by atoms with van der Waals surface area (Å²) in [4.78, 5) is 13.2. The highest BCUT2D eigenvalue weighted by Gasteiger charge is 2.40. The van der Waals surface area contributed by atoms with Crippen molar-refractivity contribution in [3.8, 4) is 0 Å². The number of piperazine rings is 1. The summed E-state index contributed by atoms with van der Waals surface area (Å²) in [6, 6.07) is 2.17. The van der Waals surface area contributed by atoms with E-state index < -0.39 is 17.2 Å². The van der Waals surface area contributed by atoms with Gasteiger partial charge in [0, 0.05) is 18.7 Å². The highest BCUT2D eigenvalue weighted by molar-refractivity contribution is 7.80. The number of nitrogens with two attached hydrogens (primary N) is 1. The molecule has 0 aliphatic carbocycles. The Labute approximate surface area is 120 Å². The van der Waals surface area contributed by atoms with Gasteiger partial charge in [-0.05, 0) is 26.0 Å². The summed E-state index contributed by atoms with van der Waals surface area (Å²) in [5.41, 5.74) is 4.23. The zero-order chi connectivity index (χ0) is 15.1. The predicted octanol–water partition coefficient (Wildman–Crippen LogP) is 1.31. The van der Waals surface area contributed by atoms with Gasteiger partial charge in [-0.25, -0.2) is 8.78 Å². The third-order valence-electron chi connectivity index (χ3n) is 3.42. The van der Waals surface area contributed by atoms with E-state index in [9.17, 15) is 13.6 Å². The molecule has 7 heteroatoms. The lowest BCUT2D eigenvalue weighted by Crippen LogP contribution is -2.62. The van der Waals surface area contributed by atoms with E-state index in [2.05, 4.69) is 5.32 Å². The topological polar surface area (TPSA) is 58.4 Å². The second-order valence-electron chi connectivity index (χ2n) is 5.12. The molecule has 0 radical (unpaired) electrons. The molecule has 2 rings (SSSR count). The first kappa shape index (κ1) is 14.6. The largest absolute Gasteiger partial charge is 0.389 e. The van der Waals surface area contributed by atoms with Gasteiger partial charge in [-0.2, -0.15) is 0 Å². The molecule has 1 aromatic carbocycles. The summed E-state index contributed by atoms with van der Waals surface area (Å²) in [6.45, 7) is 3.88. The van der Waals surface area contributed by atoms with Crippen molar-refractivity contribution < 1.29 is 13.6 Å². The lowest BCUT2D eigenvalue weighted by molar-refractivity contribution is -0.126. The zero-order valence-corrected chi connectivity index (χ0v) is 12.0. The van der Waals surface area contributed by atoms with Crippen LogP contribution < -0.4 is 16.0 Å². The van der Waals surface area contributed by atoms with Crippen molar-refractivity contribution >= 4 is 28.8 Å². The number of rotatable bonds is 2. The average molecular weight is 299 g/mol. The molecule has 0 saturated carbocycles. The Balaban J connectivity index is 2.52. The molecule has 0 unspecified atom stereocenters. The Kier molecular flexibility index (Phi) is 3.64. The molecule has 3 N–H and O–H groups in total. The van der Waals surface area contributed by atoms with E-state index in [0.29, 0.717) is 13.1 Å². The van der Waals surface area contributed by atoms with E-state index in [4.69, 9.17) is 18.0 Å². The summed E-state index contributed by atoms with van der Waals surface area (Å²) >= 11 is 4.71. The fourth-order valence-electron chi connectivity index (χ4n) is 2.26. The number of carbonyl (C=O) groups is 1. The average Bonchev–Trinajstić information content (AvgIpc) is 2.33. The summed E-state index contributed by atoms with van der Waals surface area (Å²) in [6.07, 6.45) is 0. The van der Waals surface area contributed by atoms with Crippen LogP contribution >= 0.6 is 12.2 Å². The second-order valence-corrected chi connectivity index (χ2v) is 5.56. The monoisotopic (exact) mass is 299 g/mol. The van der Waals surface area contributed by atoms with Crippen LogP contribution in [-0.4, -0.2) is 29.5 Å². The maximum Gasteiger partial charge on any atom is 0.245 e. The highest BCUT2D eigenvalue weighted by Crippen LogP contribution is 2.31. The molecule has 1 saturated heterocycles. The van der Waals surface area contributed by atoms with Gasteiger partial charge < -0.3 is 16.0 Å². The molecule has 0 spiro atoms. The molecule has 1 amide bonds. The number of benzene rings is 1. The fourth-order valence-corrected chi connectivity index (χ4v) is 2.37. The molecule has 0 atom stereocenters. The maximum absolute atomic E-state index is 14.2. The van der Waals surface area contributed by atoms with E-state index >= 15 is 0 Å². The van der Waals surface area contributed by atoms with Gasteiger partial charge in [0.1, 0.15) is 27.8 Å². The molecule has 1 aliphatic rings. The van der Waals surface area contributed by atoms with E-state index in [1.54, 1.807) is 13.8 Å². The molecule has 1 heterocycles. The van der Waals surface area contributed by atoms with Gasteiger partial charge in [-0.1, -0.05) is 12.2 Å². The van der Waals surface area contributed by atoms with Gasteiger partial charge in [-0.15, -0.1) is 0 Å². The quantitative estimate of drug-likeness (QED) is 0.809. The minimum Gasteiger partial charge on any atom is -0.389 e. The van der Waals surface area contributed by atoms with Crippen molar-refractivity contribution in [3.63, 3.8) is 0 Å². The number of carbonyl (C=O) groups excluding carboxylic acids is 1. The first-order chi connectivity index (χ1) is 9.25. The molecule has 1 fully saturated rings. The summed E-state index contributed by atoms with van der Waals surface area (Å²) in [7, 11) is 0. The predicted molar refractivity (Wildman–Crippen MR) is 76.7 cm³/mol. The highest BCUT2D eigenvalue weighted by atomic mass is 32.1. The van der Waals surface area contributed by atoms with Gasteiger partial charge >= 0.3 is 0 Å². The van der Waals surface area contributed by atoms with Crippen molar-refractivity contribution in [2.75, 3.05) is 18.0 Å². The number of thiocarbonyl (C=S) groups is 1. The number of halogens is 2. The van der Waals surface area contributed by atoms with Gasteiger partial charge in [0.15, 0.2) is 0 Å². The van der Waals surface area contributed by atoms with E-state index in [-0.39, 0.29) is 22.1 Å². The minimum atomic E-state index is -1.04. The van der Waals surface area contributed by atoms with E-state index in [1.165, 1.54) is 4.90 Å². The van der Waals surface area contributed by atoms with Crippen molar-refractivity contribution in [1.82, 2.24) is 5.32 Å². The van der Waals surface area contributed by atoms with Crippen LogP contribution in [0.5, 0.6) is 0 Å². The van der Waals surface area contributed by atoms with Crippen LogP contribution in [0.3, 0.4) is 0 Å². The molecular weight excluding hydrogens is 284 g/mol. The Hall–Kier alpha value is -1.76. The van der Waals surface area contributed by atoms with Crippen LogP contribution in [0.15, 0.2) is 12.1 Å². The Morgan fingerprint density at radius 1 is 1.40 bits per heavy atom. The number of amides is 1. The molecule has 1 aromatic rings. The van der Waals surface area contributed by atoms with Crippen molar-refractivity contribution in [1.29, 1.82) is 0 Å². The number of nitrogens with one attached hydrogen (secondary N) is 1. The summed E-state index contributed by atoms with van der Waals surface area (Å²) in [5.74, 6) is -1.84. The lowest BCUT2D eigenvalue weighted by Gasteiger charge is -2.43. The van der Waals surface area contributed by atoms with E-state index in [0.717, 1.165) is 12.1 Å². The first-order valence-corrected chi connectivity index (χ1v) is 6.50. The lowest BCUT2D eigenvalue weighted by atomic mass is 9.97. The molecule has 20 heavy (non-hydrogen) atoms. The first-order valence-electron chi connectivity index (χ1n) is 6.10. The number of hydrogen-bond donors (Lipinski definition) is 2.